The van der Waals surface area contributed by atoms with Crippen LogP contribution >= 0.6 is 0 Å². The molecule has 0 unspecified atom stereocenters. The van der Waals surface area contributed by atoms with Gasteiger partial charge in [0.25, 0.3) is 0 Å². The van der Waals surface area contributed by atoms with E-state index in [-0.39, 0.29) is 0 Å². The molecule has 0 radical (unpaired) electrons. The molecular weight excluding hydrogens is 448 g/mol. The minimum Gasteiger partial charge on any atom is -0.394 e. The second-order valence-corrected chi connectivity index (χ2v) is 14.4. The number of hydrogen-bond acceptors (Lipinski definition) is 5. The van der Waals surface area contributed by atoms with Crippen LogP contribution in [0.5, 0.6) is 0 Å². The molecule has 0 spiro atoms. The third-order valence-corrected chi connectivity index (χ3v) is 13.6. The Morgan fingerprint density at radius 1 is 0.636 bits per heavy atom. The Balaban J connectivity index is 0.000000331. The summed E-state index contributed by atoms with van der Waals surface area (Å²) in [6.07, 6.45) is 9.45. The van der Waals surface area contributed by atoms with Crippen LogP contribution in [-0.4, -0.2) is 50.4 Å². The lowest BCUT2D eigenvalue weighted by Gasteiger charge is -2.36. The highest BCUT2D eigenvalue weighted by molar-refractivity contribution is 6.75. The SMILES string of the molecule is CCC[Si](OCC)(OCC)C1CCCCCC1.CCO[Si](OCC)(OCC)c1ccccc1. The molecule has 1 aliphatic rings. The Kier molecular flexibility index (Phi) is 16.5. The molecule has 1 aromatic rings. The summed E-state index contributed by atoms with van der Waals surface area (Å²) in [6, 6.07) is 11.1. The van der Waals surface area contributed by atoms with E-state index in [1.165, 1.54) is 51.0 Å². The van der Waals surface area contributed by atoms with Crippen LogP contribution in [0.1, 0.15) is 86.5 Å². The van der Waals surface area contributed by atoms with E-state index in [9.17, 15) is 0 Å². The highest BCUT2D eigenvalue weighted by Crippen LogP contribution is 2.40. The zero-order chi connectivity index (χ0) is 24.4. The van der Waals surface area contributed by atoms with Gasteiger partial charge >= 0.3 is 17.4 Å². The molecule has 0 bridgehead atoms. The van der Waals surface area contributed by atoms with Gasteiger partial charge in [0, 0.05) is 43.8 Å². The normalized spacial score (nSPS) is 15.6. The van der Waals surface area contributed by atoms with E-state index in [1.807, 2.05) is 51.1 Å². The fourth-order valence-corrected chi connectivity index (χ4v) is 11.5. The zero-order valence-electron chi connectivity index (χ0n) is 22.2. The molecule has 1 aromatic carbocycles. The van der Waals surface area contributed by atoms with Crippen LogP contribution in [0.25, 0.3) is 0 Å². The molecule has 0 heterocycles. The monoisotopic (exact) mass is 498 g/mol. The van der Waals surface area contributed by atoms with Crippen molar-refractivity contribution in [2.75, 3.05) is 33.0 Å². The van der Waals surface area contributed by atoms with Gasteiger partial charge in [0.05, 0.1) is 0 Å². The van der Waals surface area contributed by atoms with Crippen molar-refractivity contribution in [2.45, 2.75) is 98.1 Å². The summed E-state index contributed by atoms with van der Waals surface area (Å²) in [5.74, 6) is 0. The summed E-state index contributed by atoms with van der Waals surface area (Å²) >= 11 is 0. The first-order chi connectivity index (χ1) is 16.1. The highest BCUT2D eigenvalue weighted by atomic mass is 28.4. The first-order valence-corrected chi connectivity index (χ1v) is 17.2. The fraction of sp³-hybridized carbons (Fsp3) is 0.769. The first-order valence-electron chi connectivity index (χ1n) is 13.3. The van der Waals surface area contributed by atoms with Crippen molar-refractivity contribution in [2.24, 2.45) is 0 Å². The van der Waals surface area contributed by atoms with Crippen LogP contribution in [0.15, 0.2) is 30.3 Å². The quantitative estimate of drug-likeness (QED) is 0.214. The summed E-state index contributed by atoms with van der Waals surface area (Å²) in [6.45, 7) is 15.8. The molecule has 0 atom stereocenters. The second kappa shape index (κ2) is 17.8. The number of hydrogen-bond donors (Lipinski definition) is 0. The van der Waals surface area contributed by atoms with Crippen molar-refractivity contribution >= 4 is 22.6 Å². The zero-order valence-corrected chi connectivity index (χ0v) is 24.2. The Morgan fingerprint density at radius 3 is 1.48 bits per heavy atom. The van der Waals surface area contributed by atoms with Gasteiger partial charge in [-0.05, 0) is 53.5 Å². The summed E-state index contributed by atoms with van der Waals surface area (Å²) in [5, 5.41) is 1.03. The summed E-state index contributed by atoms with van der Waals surface area (Å²) < 4.78 is 29.8. The summed E-state index contributed by atoms with van der Waals surface area (Å²) in [5.41, 5.74) is 0.741. The Labute approximate surface area is 206 Å². The van der Waals surface area contributed by atoms with Crippen LogP contribution in [0, 0.1) is 0 Å². The maximum absolute atomic E-state index is 6.22. The van der Waals surface area contributed by atoms with Gasteiger partial charge in [-0.25, -0.2) is 0 Å². The van der Waals surface area contributed by atoms with E-state index >= 15 is 0 Å². The molecule has 33 heavy (non-hydrogen) atoms. The minimum atomic E-state index is -2.67. The van der Waals surface area contributed by atoms with Crippen LogP contribution in [0.3, 0.4) is 0 Å². The molecule has 5 nitrogen and oxygen atoms in total. The molecule has 0 aromatic heterocycles. The Bertz CT molecular complexity index is 545. The van der Waals surface area contributed by atoms with Crippen molar-refractivity contribution in [3.63, 3.8) is 0 Å². The van der Waals surface area contributed by atoms with Crippen molar-refractivity contribution < 1.29 is 22.1 Å². The molecule has 1 aliphatic carbocycles. The molecule has 1 fully saturated rings. The van der Waals surface area contributed by atoms with E-state index in [1.54, 1.807) is 0 Å². The van der Waals surface area contributed by atoms with Crippen molar-refractivity contribution in [1.29, 1.82) is 0 Å². The van der Waals surface area contributed by atoms with Gasteiger partial charge in [-0.15, -0.1) is 0 Å². The Morgan fingerprint density at radius 2 is 1.09 bits per heavy atom. The predicted octanol–water partition coefficient (Wildman–Crippen LogP) is 6.58. The van der Waals surface area contributed by atoms with Gasteiger partial charge in [-0.1, -0.05) is 69.4 Å². The van der Waals surface area contributed by atoms with Gasteiger partial charge < -0.3 is 22.1 Å². The third kappa shape index (κ3) is 9.92. The maximum atomic E-state index is 6.22. The maximum Gasteiger partial charge on any atom is 0.537 e. The van der Waals surface area contributed by atoms with Gasteiger partial charge in [0.2, 0.25) is 0 Å². The third-order valence-electron chi connectivity index (χ3n) is 5.98. The van der Waals surface area contributed by atoms with Crippen molar-refractivity contribution in [3.8, 4) is 0 Å². The molecule has 192 valence electrons. The molecule has 0 amide bonds. The van der Waals surface area contributed by atoms with E-state index in [0.29, 0.717) is 19.8 Å². The van der Waals surface area contributed by atoms with Crippen LogP contribution in [-0.2, 0) is 22.1 Å². The first kappa shape index (κ1) is 30.5. The van der Waals surface area contributed by atoms with E-state index in [4.69, 9.17) is 22.1 Å². The summed E-state index contributed by atoms with van der Waals surface area (Å²) in [4.78, 5) is 0. The lowest BCUT2D eigenvalue weighted by molar-refractivity contribution is 0.0859. The topological polar surface area (TPSA) is 46.2 Å². The molecule has 0 aliphatic heterocycles. The number of benzene rings is 1. The lowest BCUT2D eigenvalue weighted by atomic mass is 10.2. The molecule has 1 saturated carbocycles. The predicted molar refractivity (Wildman–Crippen MR) is 142 cm³/mol. The number of rotatable bonds is 14. The second-order valence-electron chi connectivity index (χ2n) is 8.34. The van der Waals surface area contributed by atoms with E-state index in [0.717, 1.165) is 23.9 Å². The van der Waals surface area contributed by atoms with Gasteiger partial charge in [0.1, 0.15) is 0 Å². The molecular formula is C26H50O5Si2. The summed E-state index contributed by atoms with van der Waals surface area (Å²) in [7, 11) is -4.60. The van der Waals surface area contributed by atoms with Gasteiger partial charge in [0.15, 0.2) is 0 Å². The van der Waals surface area contributed by atoms with Crippen LogP contribution in [0.2, 0.25) is 11.6 Å². The largest absolute Gasteiger partial charge is 0.537 e. The smallest absolute Gasteiger partial charge is 0.394 e. The van der Waals surface area contributed by atoms with Crippen molar-refractivity contribution in [3.05, 3.63) is 30.3 Å². The average molecular weight is 499 g/mol. The van der Waals surface area contributed by atoms with Crippen molar-refractivity contribution in [1.82, 2.24) is 0 Å². The molecule has 2 rings (SSSR count). The fourth-order valence-electron chi connectivity index (χ4n) is 4.77. The van der Waals surface area contributed by atoms with Crippen LogP contribution in [0.4, 0.5) is 0 Å². The molecule has 0 N–H and O–H groups in total. The van der Waals surface area contributed by atoms with E-state index in [2.05, 4.69) is 20.8 Å². The molecule has 0 saturated heterocycles. The lowest BCUT2D eigenvalue weighted by Crippen LogP contribution is -2.56. The highest BCUT2D eigenvalue weighted by Gasteiger charge is 2.44. The van der Waals surface area contributed by atoms with E-state index < -0.39 is 17.4 Å². The average Bonchev–Trinajstić information content (AvgIpc) is 3.11. The van der Waals surface area contributed by atoms with Gasteiger partial charge in [-0.3, -0.25) is 0 Å². The van der Waals surface area contributed by atoms with Gasteiger partial charge in [-0.2, -0.15) is 0 Å². The Hall–Kier alpha value is -0.546. The molecule has 7 heteroatoms. The standard InChI is InChI=1S/C14H30O2Si.C12H20O3Si/c1-4-13-17(15-5-2,16-6-3)14-11-9-7-8-10-12-14;1-4-13-16(14-5-2,15-6-3)12-10-8-7-9-11-12/h14H,4-13H2,1-3H3;7-11H,4-6H2,1-3H3. The van der Waals surface area contributed by atoms with Crippen LogP contribution < -0.4 is 5.19 Å². The minimum absolute atomic E-state index is 0.598.